The molecular formula is C41H35NO11S. The van der Waals surface area contributed by atoms with Gasteiger partial charge in [0.1, 0.15) is 18.8 Å². The fourth-order valence-electron chi connectivity index (χ4n) is 5.61. The monoisotopic (exact) mass is 749 g/mol. The fraction of sp³-hybridized carbons (Fsp3) is 0.171. The maximum absolute atomic E-state index is 14.0. The molecule has 0 bridgehead atoms. The van der Waals surface area contributed by atoms with Crippen molar-refractivity contribution in [3.05, 3.63) is 173 Å². The molecule has 6 rings (SSSR count). The first kappa shape index (κ1) is 37.6. The van der Waals surface area contributed by atoms with Gasteiger partial charge < -0.3 is 23.7 Å². The Bertz CT molecular complexity index is 2170. The third kappa shape index (κ3) is 9.25. The molecule has 1 N–H and O–H groups in total. The number of aryl methyl sites for hydroxylation is 1. The van der Waals surface area contributed by atoms with Crippen molar-refractivity contribution in [1.82, 2.24) is 4.72 Å². The molecule has 0 unspecified atom stereocenters. The molecule has 1 aliphatic heterocycles. The molecule has 13 heteroatoms. The molecule has 5 aromatic rings. The lowest BCUT2D eigenvalue weighted by Gasteiger charge is -2.44. The molecule has 276 valence electrons. The first-order chi connectivity index (χ1) is 26.1. The Morgan fingerprint density at radius 3 is 1.43 bits per heavy atom. The van der Waals surface area contributed by atoms with Crippen molar-refractivity contribution in [2.45, 2.75) is 42.5 Å². The first-order valence-corrected chi connectivity index (χ1v) is 18.3. The van der Waals surface area contributed by atoms with Crippen molar-refractivity contribution in [3.8, 4) is 0 Å². The number of hydrogen-bond acceptors (Lipinski definition) is 11. The van der Waals surface area contributed by atoms with Gasteiger partial charge in [0.05, 0.1) is 27.1 Å². The van der Waals surface area contributed by atoms with E-state index in [0.29, 0.717) is 0 Å². The molecule has 0 saturated carbocycles. The van der Waals surface area contributed by atoms with Crippen molar-refractivity contribution < 1.29 is 51.3 Å². The topological polar surface area (TPSA) is 161 Å². The summed E-state index contributed by atoms with van der Waals surface area (Å²) in [5.74, 6) is -3.47. The molecule has 0 radical (unpaired) electrons. The summed E-state index contributed by atoms with van der Waals surface area (Å²) in [5, 5.41) is 0. The zero-order chi connectivity index (χ0) is 38.1. The van der Waals surface area contributed by atoms with Crippen LogP contribution in [0.5, 0.6) is 0 Å². The number of benzene rings is 5. The SMILES string of the molecule is Cc1ccc(S(=O)(=O)N[C@H]2[C@@H](OC(=O)c3ccccc3)O[C@H](COC(=O)c3ccccc3)[C@@H](OC(=O)c3ccccc3)[C@@H]2OC(=O)c2ccccc2)cc1. The number of hydrogen-bond donors (Lipinski definition) is 1. The smallest absolute Gasteiger partial charge is 0.340 e. The lowest BCUT2D eigenvalue weighted by atomic mass is 9.96. The highest BCUT2D eigenvalue weighted by Crippen LogP contribution is 2.31. The first-order valence-electron chi connectivity index (χ1n) is 16.8. The van der Waals surface area contributed by atoms with Crippen molar-refractivity contribution >= 4 is 33.9 Å². The summed E-state index contributed by atoms with van der Waals surface area (Å²) in [6.07, 6.45) is -6.65. The van der Waals surface area contributed by atoms with E-state index in [9.17, 15) is 27.6 Å². The predicted octanol–water partition coefficient (Wildman–Crippen LogP) is 5.53. The number of ether oxygens (including phenoxy) is 5. The van der Waals surface area contributed by atoms with Gasteiger partial charge in [0.2, 0.25) is 16.3 Å². The Hall–Kier alpha value is -6.15. The number of carbonyl (C=O) groups excluding carboxylic acids is 4. The normalized spacial score (nSPS) is 19.5. The van der Waals surface area contributed by atoms with Crippen molar-refractivity contribution in [1.29, 1.82) is 0 Å². The van der Waals surface area contributed by atoms with Crippen LogP contribution < -0.4 is 4.72 Å². The second kappa shape index (κ2) is 17.1. The number of nitrogens with one attached hydrogen (secondary N) is 1. The average Bonchev–Trinajstić information content (AvgIpc) is 3.20. The standard InChI is InChI=1S/C41H35NO11S/c1-27-22-24-32(25-23-27)54(47,48)42-34-36(52-39(45)30-18-10-4-11-19-30)35(51-38(44)29-16-8-3-9-17-29)33(26-49-37(43)28-14-6-2-7-15-28)50-41(34)53-40(46)31-20-12-5-13-21-31/h2-25,33-36,41-42H,26H2,1H3/t33-,34-,35-,36-,41-/m1/s1. The summed E-state index contributed by atoms with van der Waals surface area (Å²) in [5.41, 5.74) is 1.29. The van der Waals surface area contributed by atoms with Crippen LogP contribution in [0, 0.1) is 6.92 Å². The predicted molar refractivity (Wildman–Crippen MR) is 194 cm³/mol. The highest BCUT2D eigenvalue weighted by atomic mass is 32.2. The summed E-state index contributed by atoms with van der Waals surface area (Å²) >= 11 is 0. The number of rotatable bonds is 12. The lowest BCUT2D eigenvalue weighted by Crippen LogP contribution is -2.67. The van der Waals surface area contributed by atoms with Gasteiger partial charge in [-0.15, -0.1) is 0 Å². The molecule has 1 fully saturated rings. The molecular weight excluding hydrogens is 715 g/mol. The van der Waals surface area contributed by atoms with Gasteiger partial charge in [0, 0.05) is 0 Å². The third-order valence-corrected chi connectivity index (χ3v) is 9.87. The quantitative estimate of drug-likeness (QED) is 0.126. The summed E-state index contributed by atoms with van der Waals surface area (Å²) in [4.78, 5) is 53.9. The molecule has 0 aromatic heterocycles. The molecule has 5 atom stereocenters. The Balaban J connectivity index is 1.44. The Morgan fingerprint density at radius 1 is 0.556 bits per heavy atom. The van der Waals surface area contributed by atoms with Crippen LogP contribution in [-0.4, -0.2) is 69.5 Å². The molecule has 12 nitrogen and oxygen atoms in total. The van der Waals surface area contributed by atoms with Crippen LogP contribution in [0.4, 0.5) is 0 Å². The lowest BCUT2D eigenvalue weighted by molar-refractivity contribution is -0.250. The average molecular weight is 750 g/mol. The van der Waals surface area contributed by atoms with E-state index in [1.54, 1.807) is 91.9 Å². The molecule has 54 heavy (non-hydrogen) atoms. The van der Waals surface area contributed by atoms with Gasteiger partial charge in [-0.25, -0.2) is 27.6 Å². The van der Waals surface area contributed by atoms with E-state index in [-0.39, 0.29) is 27.1 Å². The van der Waals surface area contributed by atoms with E-state index in [1.807, 2.05) is 0 Å². The van der Waals surface area contributed by atoms with Gasteiger partial charge in [-0.1, -0.05) is 90.5 Å². The summed E-state index contributed by atoms with van der Waals surface area (Å²) in [6, 6.07) is 35.8. The van der Waals surface area contributed by atoms with Gasteiger partial charge in [0.25, 0.3) is 0 Å². The summed E-state index contributed by atoms with van der Waals surface area (Å²) in [6.45, 7) is 1.18. The Labute approximate surface area is 311 Å². The molecule has 5 aromatic carbocycles. The van der Waals surface area contributed by atoms with Gasteiger partial charge in [-0.3, -0.25) is 0 Å². The van der Waals surface area contributed by atoms with Crippen LogP contribution in [-0.2, 0) is 33.7 Å². The molecule has 1 heterocycles. The van der Waals surface area contributed by atoms with Crippen LogP contribution >= 0.6 is 0 Å². The van der Waals surface area contributed by atoms with Gasteiger partial charge >= 0.3 is 23.9 Å². The van der Waals surface area contributed by atoms with Crippen LogP contribution in [0.25, 0.3) is 0 Å². The van der Waals surface area contributed by atoms with E-state index >= 15 is 0 Å². The van der Waals surface area contributed by atoms with Crippen LogP contribution in [0.3, 0.4) is 0 Å². The fourth-order valence-corrected chi connectivity index (χ4v) is 6.84. The highest BCUT2D eigenvalue weighted by molar-refractivity contribution is 7.89. The second-order valence-electron chi connectivity index (χ2n) is 12.2. The molecule has 0 aliphatic carbocycles. The van der Waals surface area contributed by atoms with E-state index in [2.05, 4.69) is 4.72 Å². The van der Waals surface area contributed by atoms with E-state index in [4.69, 9.17) is 23.7 Å². The largest absolute Gasteiger partial charge is 0.459 e. The van der Waals surface area contributed by atoms with Gasteiger partial charge in [0.15, 0.2) is 12.2 Å². The van der Waals surface area contributed by atoms with Crippen molar-refractivity contribution in [2.24, 2.45) is 0 Å². The molecule has 0 spiro atoms. The van der Waals surface area contributed by atoms with Crippen LogP contribution in [0.2, 0.25) is 0 Å². The maximum Gasteiger partial charge on any atom is 0.340 e. The van der Waals surface area contributed by atoms with E-state index in [1.165, 1.54) is 60.7 Å². The minimum Gasteiger partial charge on any atom is -0.459 e. The van der Waals surface area contributed by atoms with E-state index in [0.717, 1.165) is 5.56 Å². The minimum absolute atomic E-state index is 0.0853. The Kier molecular flexibility index (Phi) is 11.9. The van der Waals surface area contributed by atoms with Gasteiger partial charge in [-0.05, 0) is 67.6 Å². The maximum atomic E-state index is 14.0. The minimum atomic E-state index is -4.47. The number of sulfonamides is 1. The number of esters is 4. The summed E-state index contributed by atoms with van der Waals surface area (Å²) in [7, 11) is -4.47. The van der Waals surface area contributed by atoms with Gasteiger partial charge in [-0.2, -0.15) is 4.72 Å². The summed E-state index contributed by atoms with van der Waals surface area (Å²) < 4.78 is 60.1. The van der Waals surface area contributed by atoms with Crippen LogP contribution in [0.1, 0.15) is 47.0 Å². The molecule has 1 aliphatic rings. The highest BCUT2D eigenvalue weighted by Gasteiger charge is 2.54. The van der Waals surface area contributed by atoms with Crippen LogP contribution in [0.15, 0.2) is 150 Å². The zero-order valence-corrected chi connectivity index (χ0v) is 29.7. The second-order valence-corrected chi connectivity index (χ2v) is 13.9. The van der Waals surface area contributed by atoms with E-state index < -0.39 is 71.2 Å². The zero-order valence-electron chi connectivity index (χ0n) is 28.8. The third-order valence-electron chi connectivity index (χ3n) is 8.39. The van der Waals surface area contributed by atoms with Crippen molar-refractivity contribution in [3.63, 3.8) is 0 Å². The van der Waals surface area contributed by atoms with Crippen molar-refractivity contribution in [2.75, 3.05) is 6.61 Å². The molecule has 0 amide bonds. The molecule has 1 saturated heterocycles. The Morgan fingerprint density at radius 2 is 0.963 bits per heavy atom. The number of carbonyl (C=O) groups is 4.